The SMILES string of the molecule is CC1(Cc2ccc3c(c2)OCO3)CCCN(C(=O)c2ccn(C(F)F)n2)C1. The number of aromatic nitrogens is 2. The Kier molecular flexibility index (Phi) is 4.49. The summed E-state index contributed by atoms with van der Waals surface area (Å²) in [6, 6.07) is 7.25. The number of piperidine rings is 1. The summed E-state index contributed by atoms with van der Waals surface area (Å²) in [6.45, 7) is 0.807. The molecule has 8 heteroatoms. The summed E-state index contributed by atoms with van der Waals surface area (Å²) >= 11 is 0. The largest absolute Gasteiger partial charge is 0.454 e. The standard InChI is InChI=1S/C19H21F2N3O3/c1-19(10-13-3-4-15-16(9-13)27-12-26-15)6-2-7-23(11-19)17(25)14-5-8-24(22-14)18(20)21/h3-5,8-9,18H,2,6-7,10-12H2,1H3. The number of likely N-dealkylation sites (tertiary alicyclic amines) is 1. The molecule has 1 aromatic heterocycles. The van der Waals surface area contributed by atoms with E-state index in [1.807, 2.05) is 18.2 Å². The molecule has 1 amide bonds. The minimum Gasteiger partial charge on any atom is -0.454 e. The number of amides is 1. The van der Waals surface area contributed by atoms with E-state index >= 15 is 0 Å². The molecule has 0 N–H and O–H groups in total. The van der Waals surface area contributed by atoms with Crippen LogP contribution < -0.4 is 9.47 Å². The summed E-state index contributed by atoms with van der Waals surface area (Å²) in [6.07, 6.45) is 3.77. The van der Waals surface area contributed by atoms with E-state index in [1.165, 1.54) is 6.07 Å². The van der Waals surface area contributed by atoms with Gasteiger partial charge in [-0.25, -0.2) is 4.68 Å². The van der Waals surface area contributed by atoms with Gasteiger partial charge in [-0.05, 0) is 48.4 Å². The number of benzene rings is 1. The van der Waals surface area contributed by atoms with E-state index in [2.05, 4.69) is 12.0 Å². The molecule has 0 bridgehead atoms. The molecule has 1 unspecified atom stereocenters. The van der Waals surface area contributed by atoms with Gasteiger partial charge in [-0.1, -0.05) is 13.0 Å². The van der Waals surface area contributed by atoms with E-state index < -0.39 is 6.55 Å². The molecule has 2 aromatic rings. The minimum atomic E-state index is -2.75. The second-order valence-corrected chi connectivity index (χ2v) is 7.46. The Hall–Kier alpha value is -2.64. The Balaban J connectivity index is 1.47. The lowest BCUT2D eigenvalue weighted by molar-refractivity contribution is 0.0500. The minimum absolute atomic E-state index is 0.0580. The lowest BCUT2D eigenvalue weighted by Crippen LogP contribution is -2.46. The van der Waals surface area contributed by atoms with Crippen LogP contribution in [0.2, 0.25) is 0 Å². The van der Waals surface area contributed by atoms with Crippen molar-refractivity contribution < 1.29 is 23.0 Å². The monoisotopic (exact) mass is 377 g/mol. The molecule has 0 aliphatic carbocycles. The van der Waals surface area contributed by atoms with Crippen molar-refractivity contribution >= 4 is 5.91 Å². The van der Waals surface area contributed by atoms with Crippen molar-refractivity contribution in [2.75, 3.05) is 19.9 Å². The lowest BCUT2D eigenvalue weighted by atomic mass is 9.77. The molecule has 0 spiro atoms. The average Bonchev–Trinajstić information content (AvgIpc) is 3.30. The number of alkyl halides is 2. The number of rotatable bonds is 4. The van der Waals surface area contributed by atoms with Gasteiger partial charge in [0.15, 0.2) is 17.2 Å². The predicted octanol–water partition coefficient (Wildman–Crippen LogP) is 3.49. The van der Waals surface area contributed by atoms with E-state index in [-0.39, 0.29) is 23.8 Å². The van der Waals surface area contributed by atoms with Crippen LogP contribution in [0.3, 0.4) is 0 Å². The van der Waals surface area contributed by atoms with Crippen molar-refractivity contribution in [2.24, 2.45) is 5.41 Å². The van der Waals surface area contributed by atoms with Gasteiger partial charge in [0.05, 0.1) is 0 Å². The van der Waals surface area contributed by atoms with Crippen LogP contribution in [-0.4, -0.2) is 40.5 Å². The number of hydrogen-bond acceptors (Lipinski definition) is 4. The van der Waals surface area contributed by atoms with Gasteiger partial charge in [-0.2, -0.15) is 13.9 Å². The zero-order valence-corrected chi connectivity index (χ0v) is 15.0. The Morgan fingerprint density at radius 3 is 2.89 bits per heavy atom. The first kappa shape index (κ1) is 17.8. The van der Waals surface area contributed by atoms with Crippen LogP contribution in [0.5, 0.6) is 11.5 Å². The van der Waals surface area contributed by atoms with Gasteiger partial charge in [-0.3, -0.25) is 4.79 Å². The maximum absolute atomic E-state index is 12.7. The van der Waals surface area contributed by atoms with Gasteiger partial charge in [0.2, 0.25) is 6.79 Å². The molecule has 4 rings (SSSR count). The van der Waals surface area contributed by atoms with Crippen molar-refractivity contribution in [3.8, 4) is 11.5 Å². The third-order valence-electron chi connectivity index (χ3n) is 5.16. The van der Waals surface area contributed by atoms with E-state index in [9.17, 15) is 13.6 Å². The number of carbonyl (C=O) groups is 1. The highest BCUT2D eigenvalue weighted by molar-refractivity contribution is 5.92. The molecule has 1 aromatic carbocycles. The number of halogens is 2. The number of carbonyl (C=O) groups excluding carboxylic acids is 1. The van der Waals surface area contributed by atoms with Crippen molar-refractivity contribution in [2.45, 2.75) is 32.7 Å². The molecular formula is C19H21F2N3O3. The van der Waals surface area contributed by atoms with Gasteiger partial charge in [0, 0.05) is 19.3 Å². The van der Waals surface area contributed by atoms with Crippen LogP contribution in [0.1, 0.15) is 42.4 Å². The average molecular weight is 377 g/mol. The highest BCUT2D eigenvalue weighted by atomic mass is 19.3. The number of nitrogens with zero attached hydrogens (tertiary/aromatic N) is 3. The van der Waals surface area contributed by atoms with Crippen LogP contribution in [0.15, 0.2) is 30.5 Å². The van der Waals surface area contributed by atoms with Crippen molar-refractivity contribution in [1.82, 2.24) is 14.7 Å². The highest BCUT2D eigenvalue weighted by Crippen LogP contribution is 2.37. The molecule has 2 aliphatic heterocycles. The fourth-order valence-corrected chi connectivity index (χ4v) is 3.90. The summed E-state index contributed by atoms with van der Waals surface area (Å²) in [4.78, 5) is 14.4. The predicted molar refractivity (Wildman–Crippen MR) is 93.0 cm³/mol. The summed E-state index contributed by atoms with van der Waals surface area (Å²) in [5.41, 5.74) is 1.08. The molecule has 0 radical (unpaired) electrons. The molecule has 3 heterocycles. The van der Waals surface area contributed by atoms with Gasteiger partial charge < -0.3 is 14.4 Å². The van der Waals surface area contributed by atoms with Gasteiger partial charge in [-0.15, -0.1) is 0 Å². The first-order valence-electron chi connectivity index (χ1n) is 8.95. The Labute approximate surface area is 155 Å². The quantitative estimate of drug-likeness (QED) is 0.819. The van der Waals surface area contributed by atoms with E-state index in [4.69, 9.17) is 9.47 Å². The van der Waals surface area contributed by atoms with Crippen LogP contribution in [0.25, 0.3) is 0 Å². The normalized spacial score (nSPS) is 21.7. The van der Waals surface area contributed by atoms with Crippen molar-refractivity contribution in [3.05, 3.63) is 41.7 Å². The van der Waals surface area contributed by atoms with Crippen LogP contribution >= 0.6 is 0 Å². The Morgan fingerprint density at radius 1 is 1.30 bits per heavy atom. The van der Waals surface area contributed by atoms with Gasteiger partial charge in [0.25, 0.3) is 5.91 Å². The highest BCUT2D eigenvalue weighted by Gasteiger charge is 2.34. The summed E-state index contributed by atoms with van der Waals surface area (Å²) in [5, 5.41) is 3.70. The molecule has 27 heavy (non-hydrogen) atoms. The van der Waals surface area contributed by atoms with Crippen molar-refractivity contribution in [1.29, 1.82) is 0 Å². The van der Waals surface area contributed by atoms with Crippen LogP contribution in [0.4, 0.5) is 8.78 Å². The first-order valence-corrected chi connectivity index (χ1v) is 8.95. The molecule has 1 saturated heterocycles. The fourth-order valence-electron chi connectivity index (χ4n) is 3.90. The van der Waals surface area contributed by atoms with Gasteiger partial charge >= 0.3 is 6.55 Å². The lowest BCUT2D eigenvalue weighted by Gasteiger charge is -2.40. The van der Waals surface area contributed by atoms with Crippen molar-refractivity contribution in [3.63, 3.8) is 0 Å². The first-order chi connectivity index (χ1) is 12.9. The maximum atomic E-state index is 12.7. The topological polar surface area (TPSA) is 56.6 Å². The zero-order valence-electron chi connectivity index (χ0n) is 15.0. The maximum Gasteiger partial charge on any atom is 0.333 e. The van der Waals surface area contributed by atoms with Crippen LogP contribution in [0, 0.1) is 5.41 Å². The van der Waals surface area contributed by atoms with E-state index in [0.29, 0.717) is 17.8 Å². The second kappa shape index (κ2) is 6.83. The molecule has 2 aliphatic rings. The number of ether oxygens (including phenoxy) is 2. The molecule has 1 fully saturated rings. The molecule has 0 saturated carbocycles. The third kappa shape index (κ3) is 3.61. The summed E-state index contributed by atoms with van der Waals surface area (Å²) < 4.78 is 36.7. The molecular weight excluding hydrogens is 356 g/mol. The number of hydrogen-bond donors (Lipinski definition) is 0. The molecule has 1 atom stereocenters. The fraction of sp³-hybridized carbons (Fsp3) is 0.474. The third-order valence-corrected chi connectivity index (χ3v) is 5.16. The Bertz CT molecular complexity index is 854. The second-order valence-electron chi connectivity index (χ2n) is 7.46. The van der Waals surface area contributed by atoms with E-state index in [0.717, 1.165) is 42.5 Å². The summed E-state index contributed by atoms with van der Waals surface area (Å²) in [7, 11) is 0. The Morgan fingerprint density at radius 2 is 2.11 bits per heavy atom. The molecule has 6 nitrogen and oxygen atoms in total. The van der Waals surface area contributed by atoms with Crippen LogP contribution in [-0.2, 0) is 6.42 Å². The molecule has 144 valence electrons. The number of fused-ring (bicyclic) bond motifs is 1. The van der Waals surface area contributed by atoms with E-state index in [1.54, 1.807) is 4.90 Å². The smallest absolute Gasteiger partial charge is 0.333 e. The zero-order chi connectivity index (χ0) is 19.0. The summed E-state index contributed by atoms with van der Waals surface area (Å²) in [5.74, 6) is 1.20. The van der Waals surface area contributed by atoms with Gasteiger partial charge in [0.1, 0.15) is 0 Å².